The summed E-state index contributed by atoms with van der Waals surface area (Å²) in [6, 6.07) is 0. The molecule has 0 atom stereocenters. The second-order valence-corrected chi connectivity index (χ2v) is 3.73. The molecule has 0 bridgehead atoms. The van der Waals surface area contributed by atoms with Gasteiger partial charge in [-0.15, -0.1) is 0 Å². The quantitative estimate of drug-likeness (QED) is 0.735. The van der Waals surface area contributed by atoms with E-state index < -0.39 is 0 Å². The van der Waals surface area contributed by atoms with Crippen LogP contribution in [0.15, 0.2) is 6.20 Å². The number of nitrogens with one attached hydrogen (secondary N) is 1. The third-order valence-electron chi connectivity index (χ3n) is 2.36. The minimum absolute atomic E-state index is 0.0278. The van der Waals surface area contributed by atoms with Crippen molar-refractivity contribution in [1.82, 2.24) is 15.1 Å². The Morgan fingerprint density at radius 1 is 1.62 bits per heavy atom. The lowest BCUT2D eigenvalue weighted by Crippen LogP contribution is -2.22. The van der Waals surface area contributed by atoms with Crippen molar-refractivity contribution < 1.29 is 9.90 Å². The minimum atomic E-state index is -0.0278. The smallest absolute Gasteiger partial charge is 0.220 e. The highest BCUT2D eigenvalue weighted by atomic mass is 16.3. The summed E-state index contributed by atoms with van der Waals surface area (Å²) in [6.45, 7) is 2.61. The Balaban J connectivity index is 2.44. The first-order valence-corrected chi connectivity index (χ1v) is 5.56. The number of carbonyl (C=O) groups excluding carboxylic acids is 1. The van der Waals surface area contributed by atoms with Crippen LogP contribution in [0.25, 0.3) is 0 Å². The van der Waals surface area contributed by atoms with Crippen molar-refractivity contribution in [2.75, 3.05) is 6.61 Å². The van der Waals surface area contributed by atoms with Crippen LogP contribution in [0, 0.1) is 0 Å². The van der Waals surface area contributed by atoms with Gasteiger partial charge in [-0.1, -0.05) is 6.92 Å². The van der Waals surface area contributed by atoms with Gasteiger partial charge in [-0.25, -0.2) is 0 Å². The second kappa shape index (κ2) is 6.27. The maximum atomic E-state index is 11.3. The molecule has 0 radical (unpaired) electrons. The molecule has 0 unspecified atom stereocenters. The molecule has 0 aliphatic heterocycles. The molecule has 1 aromatic rings. The molecule has 16 heavy (non-hydrogen) atoms. The van der Waals surface area contributed by atoms with Crippen molar-refractivity contribution in [3.63, 3.8) is 0 Å². The van der Waals surface area contributed by atoms with Crippen molar-refractivity contribution in [1.29, 1.82) is 0 Å². The monoisotopic (exact) mass is 225 g/mol. The number of hydrogen-bond acceptors (Lipinski definition) is 3. The molecule has 5 nitrogen and oxygen atoms in total. The van der Waals surface area contributed by atoms with Crippen molar-refractivity contribution in [3.8, 4) is 0 Å². The number of rotatable bonds is 6. The normalized spacial score (nSPS) is 10.4. The Bertz CT molecular complexity index is 347. The maximum absolute atomic E-state index is 11.3. The summed E-state index contributed by atoms with van der Waals surface area (Å²) in [5, 5.41) is 15.7. The Morgan fingerprint density at radius 3 is 3.00 bits per heavy atom. The average Bonchev–Trinajstić information content (AvgIpc) is 2.64. The fraction of sp³-hybridized carbons (Fsp3) is 0.636. The molecule has 1 amide bonds. The van der Waals surface area contributed by atoms with Crippen LogP contribution in [0.5, 0.6) is 0 Å². The summed E-state index contributed by atoms with van der Waals surface area (Å²) < 4.78 is 1.76. The summed E-state index contributed by atoms with van der Waals surface area (Å²) in [5.74, 6) is -0.0278. The zero-order chi connectivity index (χ0) is 12.0. The Morgan fingerprint density at radius 2 is 2.38 bits per heavy atom. The molecular weight excluding hydrogens is 206 g/mol. The predicted octanol–water partition coefficient (Wildman–Crippen LogP) is 0.371. The van der Waals surface area contributed by atoms with Gasteiger partial charge in [-0.05, 0) is 12.8 Å². The first kappa shape index (κ1) is 12.7. The third-order valence-corrected chi connectivity index (χ3v) is 2.36. The summed E-state index contributed by atoms with van der Waals surface area (Å²) in [5.41, 5.74) is 2.08. The summed E-state index contributed by atoms with van der Waals surface area (Å²) >= 11 is 0. The van der Waals surface area contributed by atoms with E-state index in [-0.39, 0.29) is 12.5 Å². The van der Waals surface area contributed by atoms with Gasteiger partial charge in [0.2, 0.25) is 5.91 Å². The molecule has 0 spiro atoms. The average molecular weight is 225 g/mol. The first-order chi connectivity index (χ1) is 7.67. The molecule has 1 rings (SSSR count). The van der Waals surface area contributed by atoms with E-state index in [4.69, 9.17) is 5.11 Å². The summed E-state index contributed by atoms with van der Waals surface area (Å²) in [7, 11) is 1.87. The molecule has 90 valence electrons. The van der Waals surface area contributed by atoms with Crippen molar-refractivity contribution >= 4 is 5.91 Å². The van der Waals surface area contributed by atoms with Gasteiger partial charge in [0.1, 0.15) is 0 Å². The highest BCUT2D eigenvalue weighted by Crippen LogP contribution is 2.06. The number of carbonyl (C=O) groups is 1. The van der Waals surface area contributed by atoms with Crippen LogP contribution < -0.4 is 5.32 Å². The predicted molar refractivity (Wildman–Crippen MR) is 60.8 cm³/mol. The van der Waals surface area contributed by atoms with Gasteiger partial charge >= 0.3 is 0 Å². The van der Waals surface area contributed by atoms with E-state index in [0.29, 0.717) is 19.4 Å². The molecule has 1 heterocycles. The Labute approximate surface area is 95.5 Å². The van der Waals surface area contributed by atoms with Gasteiger partial charge in [-0.2, -0.15) is 5.10 Å². The van der Waals surface area contributed by atoms with Crippen LogP contribution in [0.1, 0.15) is 31.0 Å². The van der Waals surface area contributed by atoms with Crippen LogP contribution in [-0.2, 0) is 24.8 Å². The summed E-state index contributed by atoms with van der Waals surface area (Å²) in [4.78, 5) is 11.3. The van der Waals surface area contributed by atoms with Gasteiger partial charge in [0, 0.05) is 38.4 Å². The minimum Gasteiger partial charge on any atom is -0.396 e. The highest BCUT2D eigenvalue weighted by Gasteiger charge is 2.07. The number of aliphatic hydroxyl groups is 1. The van der Waals surface area contributed by atoms with Crippen molar-refractivity contribution in [2.24, 2.45) is 7.05 Å². The third kappa shape index (κ3) is 3.66. The van der Waals surface area contributed by atoms with E-state index in [1.165, 1.54) is 0 Å². The fourth-order valence-corrected chi connectivity index (χ4v) is 1.55. The number of aryl methyl sites for hydroxylation is 2. The van der Waals surface area contributed by atoms with Crippen LogP contribution in [0.2, 0.25) is 0 Å². The largest absolute Gasteiger partial charge is 0.396 e. The standard InChI is InChI=1S/C11H19N3O2/c1-3-10-9(8-14(2)13-10)7-12-11(16)5-4-6-15/h8,15H,3-7H2,1-2H3,(H,12,16). The van der Waals surface area contributed by atoms with Gasteiger partial charge in [0.15, 0.2) is 0 Å². The van der Waals surface area contributed by atoms with E-state index in [1.807, 2.05) is 20.2 Å². The van der Waals surface area contributed by atoms with E-state index in [9.17, 15) is 4.79 Å². The van der Waals surface area contributed by atoms with Gasteiger partial charge in [-0.3, -0.25) is 9.48 Å². The zero-order valence-corrected chi connectivity index (χ0v) is 9.86. The van der Waals surface area contributed by atoms with E-state index >= 15 is 0 Å². The molecule has 0 aliphatic carbocycles. The van der Waals surface area contributed by atoms with Crippen LogP contribution in [0.4, 0.5) is 0 Å². The van der Waals surface area contributed by atoms with E-state index in [1.54, 1.807) is 4.68 Å². The molecule has 0 aliphatic rings. The molecule has 5 heteroatoms. The van der Waals surface area contributed by atoms with Crippen LogP contribution >= 0.6 is 0 Å². The molecule has 2 N–H and O–H groups in total. The van der Waals surface area contributed by atoms with Gasteiger partial charge < -0.3 is 10.4 Å². The van der Waals surface area contributed by atoms with Gasteiger partial charge in [0.25, 0.3) is 0 Å². The number of aromatic nitrogens is 2. The lowest BCUT2D eigenvalue weighted by atomic mass is 10.2. The molecule has 0 saturated heterocycles. The topological polar surface area (TPSA) is 67.2 Å². The first-order valence-electron chi connectivity index (χ1n) is 5.56. The number of amides is 1. The van der Waals surface area contributed by atoms with Crippen LogP contribution in [0.3, 0.4) is 0 Å². The lowest BCUT2D eigenvalue weighted by Gasteiger charge is -2.03. The van der Waals surface area contributed by atoms with Gasteiger partial charge in [0.05, 0.1) is 5.69 Å². The number of aliphatic hydroxyl groups excluding tert-OH is 1. The number of hydrogen-bond donors (Lipinski definition) is 2. The maximum Gasteiger partial charge on any atom is 0.220 e. The fourth-order valence-electron chi connectivity index (χ4n) is 1.55. The van der Waals surface area contributed by atoms with E-state index in [2.05, 4.69) is 10.4 Å². The molecule has 0 fully saturated rings. The van der Waals surface area contributed by atoms with E-state index in [0.717, 1.165) is 17.7 Å². The van der Waals surface area contributed by atoms with Crippen molar-refractivity contribution in [3.05, 3.63) is 17.5 Å². The molecule has 0 aromatic carbocycles. The second-order valence-electron chi connectivity index (χ2n) is 3.73. The Hall–Kier alpha value is -1.36. The zero-order valence-electron chi connectivity index (χ0n) is 9.86. The van der Waals surface area contributed by atoms with Crippen molar-refractivity contribution in [2.45, 2.75) is 32.7 Å². The Kier molecular flexibility index (Phi) is 4.98. The number of nitrogens with zero attached hydrogens (tertiary/aromatic N) is 2. The lowest BCUT2D eigenvalue weighted by molar-refractivity contribution is -0.121. The highest BCUT2D eigenvalue weighted by molar-refractivity contribution is 5.75. The molecular formula is C11H19N3O2. The van der Waals surface area contributed by atoms with Crippen LogP contribution in [-0.4, -0.2) is 27.4 Å². The SMILES string of the molecule is CCc1nn(C)cc1CNC(=O)CCCO. The molecule has 0 saturated carbocycles. The summed E-state index contributed by atoms with van der Waals surface area (Å²) in [6.07, 6.45) is 3.67. The molecule has 1 aromatic heterocycles.